The third kappa shape index (κ3) is 3.42. The maximum Gasteiger partial charge on any atom is 0.337 e. The molecule has 6 nitrogen and oxygen atoms in total. The highest BCUT2D eigenvalue weighted by Crippen LogP contribution is 2.22. The number of sulfonamides is 1. The first kappa shape index (κ1) is 15.9. The van der Waals surface area contributed by atoms with Gasteiger partial charge < -0.3 is 10.1 Å². The van der Waals surface area contributed by atoms with Crippen LogP contribution in [0.2, 0.25) is 0 Å². The Labute approximate surface area is 124 Å². The molecule has 0 spiro atoms. The monoisotopic (exact) mass is 312 g/mol. The van der Waals surface area contributed by atoms with Gasteiger partial charge in [-0.15, -0.1) is 0 Å². The van der Waals surface area contributed by atoms with Gasteiger partial charge in [0.25, 0.3) is 0 Å². The summed E-state index contributed by atoms with van der Waals surface area (Å²) in [5, 5.41) is 3.14. The molecule has 1 aromatic carbocycles. The highest BCUT2D eigenvalue weighted by molar-refractivity contribution is 7.89. The lowest BCUT2D eigenvalue weighted by Crippen LogP contribution is -2.47. The molecule has 1 aromatic rings. The Hall–Kier alpha value is -1.44. The van der Waals surface area contributed by atoms with Crippen molar-refractivity contribution in [2.24, 2.45) is 0 Å². The highest BCUT2D eigenvalue weighted by Gasteiger charge is 2.34. The molecule has 7 heteroatoms. The Morgan fingerprint density at radius 3 is 2.71 bits per heavy atom. The predicted octanol–water partition coefficient (Wildman–Crippen LogP) is 0.812. The molecular formula is C14H20N2O4S. The van der Waals surface area contributed by atoms with Gasteiger partial charge in [0.15, 0.2) is 0 Å². The zero-order valence-corrected chi connectivity index (χ0v) is 13.2. The van der Waals surface area contributed by atoms with E-state index < -0.39 is 21.5 Å². The van der Waals surface area contributed by atoms with Gasteiger partial charge in [0, 0.05) is 12.1 Å². The van der Waals surface area contributed by atoms with Gasteiger partial charge in [-0.3, -0.25) is 0 Å². The Bertz CT molecular complexity index is 649. The molecular weight excluding hydrogens is 292 g/mol. The van der Waals surface area contributed by atoms with Crippen LogP contribution in [-0.4, -0.2) is 40.1 Å². The van der Waals surface area contributed by atoms with E-state index in [1.54, 1.807) is 19.1 Å². The molecule has 1 aliphatic heterocycles. The highest BCUT2D eigenvalue weighted by atomic mass is 32.2. The van der Waals surface area contributed by atoms with E-state index in [-0.39, 0.29) is 10.5 Å². The number of rotatable bonds is 4. The number of esters is 1. The molecule has 0 bridgehead atoms. The Morgan fingerprint density at radius 2 is 2.14 bits per heavy atom. The smallest absolute Gasteiger partial charge is 0.337 e. The van der Waals surface area contributed by atoms with Gasteiger partial charge in [0.05, 0.1) is 17.6 Å². The van der Waals surface area contributed by atoms with Crippen molar-refractivity contribution in [3.63, 3.8) is 0 Å². The van der Waals surface area contributed by atoms with E-state index in [1.165, 1.54) is 13.2 Å². The normalized spacial score (nSPS) is 22.2. The summed E-state index contributed by atoms with van der Waals surface area (Å²) >= 11 is 0. The number of carbonyl (C=O) groups excluding carboxylic acids is 1. The van der Waals surface area contributed by atoms with Gasteiger partial charge >= 0.3 is 5.97 Å². The first-order chi connectivity index (χ1) is 9.77. The summed E-state index contributed by atoms with van der Waals surface area (Å²) in [7, 11) is -2.43. The maximum atomic E-state index is 12.6. The van der Waals surface area contributed by atoms with E-state index >= 15 is 0 Å². The topological polar surface area (TPSA) is 84.5 Å². The average Bonchev–Trinajstić information content (AvgIpc) is 2.83. The second-order valence-corrected chi connectivity index (χ2v) is 7.22. The van der Waals surface area contributed by atoms with Crippen molar-refractivity contribution in [2.75, 3.05) is 20.2 Å². The first-order valence-electron chi connectivity index (χ1n) is 6.71. The quantitative estimate of drug-likeness (QED) is 0.804. The minimum absolute atomic E-state index is 0.110. The van der Waals surface area contributed by atoms with Crippen molar-refractivity contribution in [1.29, 1.82) is 0 Å². The van der Waals surface area contributed by atoms with E-state index in [0.717, 1.165) is 13.0 Å². The Morgan fingerprint density at radius 1 is 1.43 bits per heavy atom. The van der Waals surface area contributed by atoms with Crippen molar-refractivity contribution in [2.45, 2.75) is 30.7 Å². The summed E-state index contributed by atoms with van der Waals surface area (Å²) in [4.78, 5) is 11.7. The lowest BCUT2D eigenvalue weighted by atomic mass is 10.0. The molecule has 0 aliphatic carbocycles. The molecule has 1 fully saturated rings. The van der Waals surface area contributed by atoms with E-state index in [1.807, 2.05) is 6.92 Å². The minimum Gasteiger partial charge on any atom is -0.465 e. The van der Waals surface area contributed by atoms with Crippen LogP contribution in [0.25, 0.3) is 0 Å². The minimum atomic E-state index is -3.69. The molecule has 1 saturated heterocycles. The van der Waals surface area contributed by atoms with Gasteiger partial charge in [0.1, 0.15) is 0 Å². The molecule has 0 radical (unpaired) electrons. The third-order valence-electron chi connectivity index (χ3n) is 3.65. The Balaban J connectivity index is 2.37. The fraction of sp³-hybridized carbons (Fsp3) is 0.500. The molecule has 0 saturated carbocycles. The number of hydrogen-bond acceptors (Lipinski definition) is 5. The van der Waals surface area contributed by atoms with E-state index in [9.17, 15) is 13.2 Å². The first-order valence-corrected chi connectivity index (χ1v) is 8.19. The standard InChI is InChI=1S/C14H20N2O4S/c1-10-4-5-11(13(17)20-3)8-12(10)21(18,19)16-14(2)6-7-15-9-14/h4-5,8,15-16H,6-7,9H2,1-3H3. The zero-order chi connectivity index (χ0) is 15.7. The van der Waals surface area contributed by atoms with E-state index in [2.05, 4.69) is 14.8 Å². The molecule has 1 aliphatic rings. The molecule has 0 aromatic heterocycles. The van der Waals surface area contributed by atoms with Crippen LogP contribution in [0.1, 0.15) is 29.3 Å². The number of ether oxygens (including phenoxy) is 1. The summed E-state index contributed by atoms with van der Waals surface area (Å²) in [5.74, 6) is -0.555. The van der Waals surface area contributed by atoms with E-state index in [4.69, 9.17) is 0 Å². The molecule has 2 rings (SSSR count). The number of hydrogen-bond donors (Lipinski definition) is 2. The third-order valence-corrected chi connectivity index (χ3v) is 5.43. The number of nitrogens with one attached hydrogen (secondary N) is 2. The SMILES string of the molecule is COC(=O)c1ccc(C)c(S(=O)(=O)NC2(C)CCNC2)c1. The average molecular weight is 312 g/mol. The second-order valence-electron chi connectivity index (χ2n) is 5.56. The van der Waals surface area contributed by atoms with Crippen LogP contribution < -0.4 is 10.0 Å². The summed E-state index contributed by atoms with van der Waals surface area (Å²) in [6.07, 6.45) is 0.724. The van der Waals surface area contributed by atoms with Gasteiger partial charge in [-0.25, -0.2) is 17.9 Å². The number of benzene rings is 1. The van der Waals surface area contributed by atoms with Crippen molar-refractivity contribution < 1.29 is 17.9 Å². The number of carbonyl (C=O) groups is 1. The summed E-state index contributed by atoms with van der Waals surface area (Å²) in [6, 6.07) is 4.52. The fourth-order valence-electron chi connectivity index (χ4n) is 2.42. The van der Waals surface area contributed by atoms with Crippen LogP contribution in [0.3, 0.4) is 0 Å². The molecule has 116 valence electrons. The van der Waals surface area contributed by atoms with Crippen LogP contribution in [0, 0.1) is 6.92 Å². The number of aryl methyl sites for hydroxylation is 1. The summed E-state index contributed by atoms with van der Waals surface area (Å²) in [5.41, 5.74) is 0.301. The van der Waals surface area contributed by atoms with Crippen LogP contribution in [0.4, 0.5) is 0 Å². The molecule has 2 N–H and O–H groups in total. The van der Waals surface area contributed by atoms with Crippen molar-refractivity contribution in [1.82, 2.24) is 10.0 Å². The van der Waals surface area contributed by atoms with Gasteiger partial charge in [0.2, 0.25) is 10.0 Å². The molecule has 0 amide bonds. The molecule has 1 atom stereocenters. The van der Waals surface area contributed by atoms with Gasteiger partial charge in [-0.2, -0.15) is 0 Å². The maximum absolute atomic E-state index is 12.6. The second kappa shape index (κ2) is 5.75. The van der Waals surface area contributed by atoms with Crippen molar-refractivity contribution in [3.05, 3.63) is 29.3 Å². The summed E-state index contributed by atoms with van der Waals surface area (Å²) in [6.45, 7) is 4.93. The Kier molecular flexibility index (Phi) is 4.36. The van der Waals surface area contributed by atoms with Gasteiger partial charge in [-0.05, 0) is 44.5 Å². The predicted molar refractivity (Wildman–Crippen MR) is 78.7 cm³/mol. The van der Waals surface area contributed by atoms with E-state index in [0.29, 0.717) is 12.1 Å². The fourth-order valence-corrected chi connectivity index (χ4v) is 4.12. The lowest BCUT2D eigenvalue weighted by molar-refractivity contribution is 0.0600. The molecule has 21 heavy (non-hydrogen) atoms. The van der Waals surface area contributed by atoms with Crippen LogP contribution >= 0.6 is 0 Å². The van der Waals surface area contributed by atoms with Crippen LogP contribution in [0.15, 0.2) is 23.1 Å². The number of methoxy groups -OCH3 is 1. The van der Waals surface area contributed by atoms with Crippen molar-refractivity contribution >= 4 is 16.0 Å². The van der Waals surface area contributed by atoms with Crippen molar-refractivity contribution in [3.8, 4) is 0 Å². The lowest BCUT2D eigenvalue weighted by Gasteiger charge is -2.24. The largest absolute Gasteiger partial charge is 0.465 e. The molecule has 1 unspecified atom stereocenters. The van der Waals surface area contributed by atoms with Gasteiger partial charge in [-0.1, -0.05) is 6.07 Å². The summed E-state index contributed by atoms with van der Waals surface area (Å²) < 4.78 is 32.5. The van der Waals surface area contributed by atoms with Crippen LogP contribution in [-0.2, 0) is 14.8 Å². The molecule has 1 heterocycles. The van der Waals surface area contributed by atoms with Crippen LogP contribution in [0.5, 0.6) is 0 Å². The zero-order valence-electron chi connectivity index (χ0n) is 12.4.